The molecule has 1 N–H and O–H groups in total. The number of aliphatic imine (C=N–C) groups is 1. The zero-order chi connectivity index (χ0) is 16.0. The summed E-state index contributed by atoms with van der Waals surface area (Å²) in [6.07, 6.45) is 16.7. The molecule has 124 valence electrons. The van der Waals surface area contributed by atoms with Gasteiger partial charge in [0.1, 0.15) is 0 Å². The van der Waals surface area contributed by atoms with Crippen LogP contribution in [0, 0.1) is 0 Å². The number of allylic oxidation sites excluding steroid dienone is 1. The Bertz CT molecular complexity index is 389. The van der Waals surface area contributed by atoms with Crippen molar-refractivity contribution in [2.75, 3.05) is 0 Å². The Morgan fingerprint density at radius 3 is 2.73 bits per heavy atom. The van der Waals surface area contributed by atoms with Gasteiger partial charge in [0.2, 0.25) is 5.91 Å². The highest BCUT2D eigenvalue weighted by molar-refractivity contribution is 7.78. The van der Waals surface area contributed by atoms with Crippen molar-refractivity contribution in [2.45, 2.75) is 89.6 Å². The molecule has 4 heteroatoms. The summed E-state index contributed by atoms with van der Waals surface area (Å²) in [5.74, 6) is 0.00227. The molecule has 1 fully saturated rings. The molecule has 0 unspecified atom stereocenters. The van der Waals surface area contributed by atoms with Crippen LogP contribution in [0.1, 0.15) is 77.6 Å². The quantitative estimate of drug-likeness (QED) is 0.271. The van der Waals surface area contributed by atoms with E-state index in [-0.39, 0.29) is 18.0 Å². The number of nitrogens with zero attached hydrogens (tertiary/aromatic N) is 1. The maximum absolute atomic E-state index is 11.9. The predicted molar refractivity (Wildman–Crippen MR) is 96.3 cm³/mol. The third-order valence-electron chi connectivity index (χ3n) is 4.27. The van der Waals surface area contributed by atoms with Crippen molar-refractivity contribution in [3.8, 4) is 0 Å². The van der Waals surface area contributed by atoms with E-state index in [0.29, 0.717) is 0 Å². The van der Waals surface area contributed by atoms with Gasteiger partial charge in [-0.3, -0.25) is 4.79 Å². The van der Waals surface area contributed by atoms with Gasteiger partial charge in [-0.1, -0.05) is 57.9 Å². The van der Waals surface area contributed by atoms with E-state index in [9.17, 15) is 4.79 Å². The standard InChI is InChI=1S/C18H30N2OS/c1-2-3-4-5-6-7-8-9-14-18(21)20-17-13-11-10-12-16(17)19-15-22/h9,14,16-17H,2-8,10-13H2,1H3,(H,20,21)/t16-,17-/m1/s1. The number of hydrogen-bond donors (Lipinski definition) is 1. The molecule has 1 aliphatic rings. The second kappa shape index (κ2) is 12.5. The Hall–Kier alpha value is -0.990. The minimum atomic E-state index is 0.00227. The summed E-state index contributed by atoms with van der Waals surface area (Å²) < 4.78 is 0. The Balaban J connectivity index is 2.18. The molecular weight excluding hydrogens is 292 g/mol. The molecule has 2 atom stereocenters. The van der Waals surface area contributed by atoms with Crippen molar-refractivity contribution in [1.82, 2.24) is 5.32 Å². The molecule has 0 aromatic heterocycles. The van der Waals surface area contributed by atoms with Crippen LogP contribution in [0.15, 0.2) is 17.1 Å². The summed E-state index contributed by atoms with van der Waals surface area (Å²) in [4.78, 5) is 16.1. The minimum Gasteiger partial charge on any atom is -0.348 e. The zero-order valence-electron chi connectivity index (χ0n) is 13.9. The van der Waals surface area contributed by atoms with Crippen molar-refractivity contribution in [3.05, 3.63) is 12.2 Å². The van der Waals surface area contributed by atoms with E-state index in [0.717, 1.165) is 32.1 Å². The molecule has 1 saturated carbocycles. The Kier molecular flexibility index (Phi) is 10.9. The predicted octanol–water partition coefficient (Wildman–Crippen LogP) is 4.82. The zero-order valence-corrected chi connectivity index (χ0v) is 14.7. The molecule has 1 rings (SSSR count). The number of amides is 1. The van der Waals surface area contributed by atoms with Gasteiger partial charge in [0, 0.05) is 0 Å². The molecule has 0 aromatic rings. The van der Waals surface area contributed by atoms with E-state index < -0.39 is 0 Å². The first-order valence-electron chi connectivity index (χ1n) is 8.82. The molecule has 0 aliphatic heterocycles. The smallest absolute Gasteiger partial charge is 0.243 e. The lowest BCUT2D eigenvalue weighted by Gasteiger charge is -2.28. The molecule has 0 aromatic carbocycles. The lowest BCUT2D eigenvalue weighted by atomic mass is 9.91. The summed E-state index contributed by atoms with van der Waals surface area (Å²) in [6, 6.07) is 0.234. The third kappa shape index (κ3) is 8.45. The van der Waals surface area contributed by atoms with E-state index in [2.05, 4.69) is 22.4 Å². The van der Waals surface area contributed by atoms with Crippen LogP contribution in [0.25, 0.3) is 0 Å². The largest absolute Gasteiger partial charge is 0.348 e. The number of rotatable bonds is 10. The van der Waals surface area contributed by atoms with Crippen LogP contribution in [0.3, 0.4) is 0 Å². The van der Waals surface area contributed by atoms with Crippen LogP contribution < -0.4 is 5.32 Å². The van der Waals surface area contributed by atoms with E-state index in [4.69, 9.17) is 12.2 Å². The number of carbonyl (C=O) groups excluding carboxylic acids is 1. The van der Waals surface area contributed by atoms with E-state index in [1.807, 2.05) is 6.08 Å². The molecule has 22 heavy (non-hydrogen) atoms. The highest BCUT2D eigenvalue weighted by Crippen LogP contribution is 2.21. The SMILES string of the molecule is CCCCCCCCC=CC(=O)N[C@@H]1CCCC[C@H]1N=C=S. The Morgan fingerprint density at radius 1 is 1.23 bits per heavy atom. The fourth-order valence-electron chi connectivity index (χ4n) is 2.97. The van der Waals surface area contributed by atoms with Crippen molar-refractivity contribution in [3.63, 3.8) is 0 Å². The number of hydrogen-bond acceptors (Lipinski definition) is 3. The fraction of sp³-hybridized carbons (Fsp3) is 0.778. The van der Waals surface area contributed by atoms with E-state index in [1.54, 1.807) is 6.08 Å². The molecule has 0 heterocycles. The highest BCUT2D eigenvalue weighted by Gasteiger charge is 2.25. The number of carbonyl (C=O) groups is 1. The number of thiocarbonyl (C=S) groups is 1. The third-order valence-corrected chi connectivity index (χ3v) is 4.37. The second-order valence-corrected chi connectivity index (χ2v) is 6.33. The first-order chi connectivity index (χ1) is 10.8. The van der Waals surface area contributed by atoms with Crippen LogP contribution in [-0.4, -0.2) is 23.2 Å². The number of unbranched alkanes of at least 4 members (excludes halogenated alkanes) is 6. The maximum Gasteiger partial charge on any atom is 0.243 e. The molecule has 0 saturated heterocycles. The molecule has 1 aliphatic carbocycles. The molecule has 0 spiro atoms. The summed E-state index contributed by atoms with van der Waals surface area (Å²) in [6.45, 7) is 2.23. The van der Waals surface area contributed by atoms with Gasteiger partial charge in [-0.05, 0) is 44.0 Å². The monoisotopic (exact) mass is 322 g/mol. The molecule has 3 nitrogen and oxygen atoms in total. The minimum absolute atomic E-state index is 0.00227. The van der Waals surface area contributed by atoms with Gasteiger partial charge in [0.05, 0.1) is 17.2 Å². The number of isothiocyanates is 1. The van der Waals surface area contributed by atoms with Crippen LogP contribution in [0.5, 0.6) is 0 Å². The average Bonchev–Trinajstić information content (AvgIpc) is 2.52. The van der Waals surface area contributed by atoms with Gasteiger partial charge in [0.15, 0.2) is 0 Å². The second-order valence-electron chi connectivity index (χ2n) is 6.15. The average molecular weight is 323 g/mol. The van der Waals surface area contributed by atoms with Gasteiger partial charge in [-0.25, -0.2) is 4.99 Å². The van der Waals surface area contributed by atoms with Crippen molar-refractivity contribution in [2.24, 2.45) is 4.99 Å². The summed E-state index contributed by atoms with van der Waals surface area (Å²) >= 11 is 4.69. The maximum atomic E-state index is 11.9. The van der Waals surface area contributed by atoms with Gasteiger partial charge in [0.25, 0.3) is 0 Å². The number of nitrogens with one attached hydrogen (secondary N) is 1. The normalized spacial score (nSPS) is 21.5. The molecule has 0 bridgehead atoms. The van der Waals surface area contributed by atoms with Gasteiger partial charge < -0.3 is 5.32 Å². The van der Waals surface area contributed by atoms with Gasteiger partial charge in [-0.2, -0.15) is 0 Å². The lowest BCUT2D eigenvalue weighted by molar-refractivity contribution is -0.117. The van der Waals surface area contributed by atoms with Crippen LogP contribution in [-0.2, 0) is 4.79 Å². The summed E-state index contributed by atoms with van der Waals surface area (Å²) in [5.41, 5.74) is 0. The molecule has 1 amide bonds. The van der Waals surface area contributed by atoms with Crippen LogP contribution in [0.4, 0.5) is 0 Å². The first-order valence-corrected chi connectivity index (χ1v) is 9.22. The van der Waals surface area contributed by atoms with E-state index in [1.165, 1.54) is 38.5 Å². The van der Waals surface area contributed by atoms with Crippen molar-refractivity contribution < 1.29 is 4.79 Å². The Morgan fingerprint density at radius 2 is 1.95 bits per heavy atom. The molecule has 0 radical (unpaired) electrons. The fourth-order valence-corrected chi connectivity index (χ4v) is 3.10. The van der Waals surface area contributed by atoms with Crippen LogP contribution in [0.2, 0.25) is 0 Å². The van der Waals surface area contributed by atoms with Gasteiger partial charge in [-0.15, -0.1) is 0 Å². The highest BCUT2D eigenvalue weighted by atomic mass is 32.1. The topological polar surface area (TPSA) is 41.5 Å². The van der Waals surface area contributed by atoms with Gasteiger partial charge >= 0.3 is 0 Å². The summed E-state index contributed by atoms with van der Waals surface area (Å²) in [7, 11) is 0. The van der Waals surface area contributed by atoms with Crippen molar-refractivity contribution in [1.29, 1.82) is 0 Å². The first kappa shape index (κ1) is 19.1. The molecular formula is C18H30N2OS. The van der Waals surface area contributed by atoms with Crippen molar-refractivity contribution >= 4 is 23.3 Å². The van der Waals surface area contributed by atoms with E-state index >= 15 is 0 Å². The lowest BCUT2D eigenvalue weighted by Crippen LogP contribution is -2.43. The summed E-state index contributed by atoms with van der Waals surface area (Å²) in [5, 5.41) is 5.53. The Labute approximate surface area is 140 Å². The van der Waals surface area contributed by atoms with Crippen LogP contribution >= 0.6 is 12.2 Å².